The van der Waals surface area contributed by atoms with Crippen LogP contribution in [-0.2, 0) is 0 Å². The third-order valence-electron chi connectivity index (χ3n) is 4.77. The number of amides is 1. The first-order valence-corrected chi connectivity index (χ1v) is 10.6. The number of thioether (sulfide) groups is 2. The number of benzene rings is 1. The molecule has 0 spiro atoms. The molecule has 0 aromatic heterocycles. The number of nitrogens with zero attached hydrogens (tertiary/aromatic N) is 1. The van der Waals surface area contributed by atoms with Crippen LogP contribution in [0.4, 0.5) is 0 Å². The summed E-state index contributed by atoms with van der Waals surface area (Å²) < 4.78 is 0.528. The van der Waals surface area contributed by atoms with Gasteiger partial charge in [-0.3, -0.25) is 4.79 Å². The van der Waals surface area contributed by atoms with E-state index in [9.17, 15) is 4.79 Å². The molecular weight excluding hydrogens is 324 g/mol. The van der Waals surface area contributed by atoms with Crippen molar-refractivity contribution in [2.75, 3.05) is 24.6 Å². The second-order valence-corrected chi connectivity index (χ2v) is 9.29. The molecule has 23 heavy (non-hydrogen) atoms. The summed E-state index contributed by atoms with van der Waals surface area (Å²) in [5.74, 6) is 3.28. The van der Waals surface area contributed by atoms with Gasteiger partial charge in [-0.2, -0.15) is 0 Å². The van der Waals surface area contributed by atoms with Crippen LogP contribution in [0.1, 0.15) is 46.7 Å². The first kappa shape index (κ1) is 17.2. The molecule has 1 aromatic rings. The molecule has 3 rings (SSSR count). The molecule has 1 amide bonds. The summed E-state index contributed by atoms with van der Waals surface area (Å²) >= 11 is 4.03. The van der Waals surface area contributed by atoms with Crippen LogP contribution >= 0.6 is 23.5 Å². The molecule has 0 bridgehead atoms. The lowest BCUT2D eigenvalue weighted by atomic mass is 9.92. The molecule has 0 radical (unpaired) electrons. The van der Waals surface area contributed by atoms with Crippen LogP contribution < -0.4 is 5.73 Å². The van der Waals surface area contributed by atoms with Crippen LogP contribution in [-0.4, -0.2) is 41.4 Å². The van der Waals surface area contributed by atoms with Crippen LogP contribution in [0.2, 0.25) is 0 Å². The number of piperidine rings is 1. The van der Waals surface area contributed by atoms with Crippen molar-refractivity contribution in [3.63, 3.8) is 0 Å². The predicted molar refractivity (Wildman–Crippen MR) is 101 cm³/mol. The Kier molecular flexibility index (Phi) is 5.94. The summed E-state index contributed by atoms with van der Waals surface area (Å²) in [6, 6.07) is 8.45. The minimum Gasteiger partial charge on any atom is -0.334 e. The maximum Gasteiger partial charge on any atom is 0.254 e. The Morgan fingerprint density at radius 3 is 2.61 bits per heavy atom. The van der Waals surface area contributed by atoms with Crippen molar-refractivity contribution in [1.29, 1.82) is 0 Å². The van der Waals surface area contributed by atoms with Crippen LogP contribution in [0.15, 0.2) is 24.3 Å². The standard InChI is InChI=1S/C18H26N2OS2/c1-13-7-8-20(16(11-13)12-19)17(21)14-3-5-15(6-4-14)18-22-9-2-10-23-18/h3-6,13,16,18H,2,7-12,19H2,1H3. The summed E-state index contributed by atoms with van der Waals surface area (Å²) in [5, 5.41) is 0. The number of carbonyl (C=O) groups is 1. The Bertz CT molecular complexity index is 528. The molecule has 2 N–H and O–H groups in total. The molecule has 5 heteroatoms. The Labute approximate surface area is 147 Å². The van der Waals surface area contributed by atoms with Crippen molar-refractivity contribution >= 4 is 29.4 Å². The lowest BCUT2D eigenvalue weighted by Gasteiger charge is -2.38. The van der Waals surface area contributed by atoms with Crippen molar-refractivity contribution in [2.24, 2.45) is 11.7 Å². The highest BCUT2D eigenvalue weighted by Crippen LogP contribution is 2.43. The molecule has 2 aliphatic heterocycles. The average Bonchev–Trinajstić information content (AvgIpc) is 2.62. The summed E-state index contributed by atoms with van der Waals surface area (Å²) in [7, 11) is 0. The van der Waals surface area contributed by atoms with Crippen molar-refractivity contribution in [2.45, 2.75) is 36.8 Å². The van der Waals surface area contributed by atoms with Gasteiger partial charge in [0.2, 0.25) is 0 Å². The Hall–Kier alpha value is -0.650. The van der Waals surface area contributed by atoms with Gasteiger partial charge in [-0.05, 0) is 54.4 Å². The molecule has 2 aliphatic rings. The Balaban J connectivity index is 1.69. The zero-order valence-electron chi connectivity index (χ0n) is 13.7. The summed E-state index contributed by atoms with van der Waals surface area (Å²) in [4.78, 5) is 14.8. The number of likely N-dealkylation sites (tertiary alicyclic amines) is 1. The zero-order chi connectivity index (χ0) is 16.2. The number of nitrogens with two attached hydrogens (primary N) is 1. The summed E-state index contributed by atoms with van der Waals surface area (Å²) in [5.41, 5.74) is 8.02. The lowest BCUT2D eigenvalue weighted by Crippen LogP contribution is -2.49. The lowest BCUT2D eigenvalue weighted by molar-refractivity contribution is 0.0573. The van der Waals surface area contributed by atoms with E-state index < -0.39 is 0 Å². The third kappa shape index (κ3) is 4.06. The van der Waals surface area contributed by atoms with E-state index in [1.807, 2.05) is 40.6 Å². The molecule has 0 saturated carbocycles. The van der Waals surface area contributed by atoms with Crippen LogP contribution in [0.25, 0.3) is 0 Å². The van der Waals surface area contributed by atoms with Gasteiger partial charge in [-0.25, -0.2) is 0 Å². The van der Waals surface area contributed by atoms with E-state index in [-0.39, 0.29) is 11.9 Å². The number of rotatable bonds is 3. The van der Waals surface area contributed by atoms with E-state index in [1.54, 1.807) is 0 Å². The van der Waals surface area contributed by atoms with E-state index >= 15 is 0 Å². The number of hydrogen-bond acceptors (Lipinski definition) is 4. The SMILES string of the molecule is CC1CCN(C(=O)c2ccc(C3SCCCS3)cc2)C(CN)C1. The number of hydrogen-bond donors (Lipinski definition) is 1. The van der Waals surface area contributed by atoms with Crippen molar-refractivity contribution in [3.8, 4) is 0 Å². The first-order chi connectivity index (χ1) is 11.2. The van der Waals surface area contributed by atoms with Crippen molar-refractivity contribution < 1.29 is 4.79 Å². The van der Waals surface area contributed by atoms with E-state index in [2.05, 4.69) is 19.1 Å². The molecule has 2 saturated heterocycles. The molecular formula is C18H26N2OS2. The molecule has 2 unspecified atom stereocenters. The fourth-order valence-electron chi connectivity index (χ4n) is 3.37. The first-order valence-electron chi connectivity index (χ1n) is 8.53. The quantitative estimate of drug-likeness (QED) is 0.902. The minimum absolute atomic E-state index is 0.142. The van der Waals surface area contributed by atoms with E-state index in [4.69, 9.17) is 5.73 Å². The highest BCUT2D eigenvalue weighted by Gasteiger charge is 2.29. The zero-order valence-corrected chi connectivity index (χ0v) is 15.4. The molecule has 126 valence electrons. The second kappa shape index (κ2) is 7.95. The van der Waals surface area contributed by atoms with Gasteiger partial charge in [0.1, 0.15) is 0 Å². The van der Waals surface area contributed by atoms with Gasteiger partial charge in [-0.1, -0.05) is 19.1 Å². The van der Waals surface area contributed by atoms with Crippen molar-refractivity contribution in [1.82, 2.24) is 4.90 Å². The van der Waals surface area contributed by atoms with Gasteiger partial charge >= 0.3 is 0 Å². The van der Waals surface area contributed by atoms with Crippen molar-refractivity contribution in [3.05, 3.63) is 35.4 Å². The molecule has 2 heterocycles. The van der Waals surface area contributed by atoms with Gasteiger partial charge in [0.25, 0.3) is 5.91 Å². The third-order valence-corrected chi connectivity index (χ3v) is 7.78. The van der Waals surface area contributed by atoms with Crippen LogP contribution in [0, 0.1) is 5.92 Å². The molecule has 0 aliphatic carbocycles. The Morgan fingerprint density at radius 2 is 1.96 bits per heavy atom. The molecule has 1 aromatic carbocycles. The fraction of sp³-hybridized carbons (Fsp3) is 0.611. The second-order valence-electron chi connectivity index (χ2n) is 6.57. The molecule has 3 nitrogen and oxygen atoms in total. The fourth-order valence-corrected chi connectivity index (χ4v) is 6.27. The minimum atomic E-state index is 0.142. The van der Waals surface area contributed by atoms with Gasteiger partial charge in [0, 0.05) is 24.7 Å². The van der Waals surface area contributed by atoms with Gasteiger partial charge in [0.05, 0.1) is 4.58 Å². The largest absolute Gasteiger partial charge is 0.334 e. The van der Waals surface area contributed by atoms with Gasteiger partial charge in [0.15, 0.2) is 0 Å². The van der Waals surface area contributed by atoms with Crippen LogP contribution in [0.3, 0.4) is 0 Å². The summed E-state index contributed by atoms with van der Waals surface area (Å²) in [6.45, 7) is 3.64. The molecule has 2 atom stereocenters. The average molecular weight is 351 g/mol. The van der Waals surface area contributed by atoms with E-state index in [0.717, 1.165) is 24.9 Å². The van der Waals surface area contributed by atoms with Gasteiger partial charge in [-0.15, -0.1) is 23.5 Å². The highest BCUT2D eigenvalue weighted by atomic mass is 32.2. The smallest absolute Gasteiger partial charge is 0.254 e. The monoisotopic (exact) mass is 350 g/mol. The van der Waals surface area contributed by atoms with Gasteiger partial charge < -0.3 is 10.6 Å². The number of carbonyl (C=O) groups excluding carboxylic acids is 1. The van der Waals surface area contributed by atoms with E-state index in [1.165, 1.54) is 23.5 Å². The topological polar surface area (TPSA) is 46.3 Å². The highest BCUT2D eigenvalue weighted by molar-refractivity contribution is 8.16. The molecule has 2 fully saturated rings. The normalized spacial score (nSPS) is 26.3. The van der Waals surface area contributed by atoms with E-state index in [0.29, 0.717) is 17.0 Å². The maximum atomic E-state index is 12.8. The van der Waals surface area contributed by atoms with Crippen LogP contribution in [0.5, 0.6) is 0 Å². The Morgan fingerprint density at radius 1 is 1.26 bits per heavy atom. The summed E-state index contributed by atoms with van der Waals surface area (Å²) in [6.07, 6.45) is 3.40. The maximum absolute atomic E-state index is 12.8. The predicted octanol–water partition coefficient (Wildman–Crippen LogP) is 3.75.